The van der Waals surface area contributed by atoms with Crippen molar-refractivity contribution in [2.24, 2.45) is 0 Å². The number of nitrogens with one attached hydrogen (secondary N) is 2. The highest BCUT2D eigenvalue weighted by Gasteiger charge is 2.07. The van der Waals surface area contributed by atoms with Gasteiger partial charge in [-0.05, 0) is 41.8 Å². The van der Waals surface area contributed by atoms with Crippen LogP contribution < -0.4 is 15.4 Å². The number of halogens is 1. The first-order valence-corrected chi connectivity index (χ1v) is 7.93. The standard InChI is InChI=1S/C19H21FN2O3/c1-21-19(24)12-14-3-7-15(8-4-14)22-18(23)10-6-13-5-9-17(25-2)16(20)11-13/h3-5,7-9,11H,6,10,12H2,1-2H3,(H,21,24)(H,22,23). The summed E-state index contributed by atoms with van der Waals surface area (Å²) in [5.41, 5.74) is 2.26. The molecule has 2 aromatic carbocycles. The lowest BCUT2D eigenvalue weighted by Gasteiger charge is -2.08. The molecular formula is C19H21FN2O3. The van der Waals surface area contributed by atoms with Crippen molar-refractivity contribution in [2.75, 3.05) is 19.5 Å². The number of rotatable bonds is 7. The molecule has 0 saturated heterocycles. The Morgan fingerprint density at radius 1 is 1.04 bits per heavy atom. The quantitative estimate of drug-likeness (QED) is 0.811. The second-order valence-corrected chi connectivity index (χ2v) is 5.56. The fourth-order valence-electron chi connectivity index (χ4n) is 2.33. The zero-order valence-corrected chi connectivity index (χ0v) is 14.3. The van der Waals surface area contributed by atoms with Crippen molar-refractivity contribution < 1.29 is 18.7 Å². The molecule has 0 spiro atoms. The molecule has 5 nitrogen and oxygen atoms in total. The van der Waals surface area contributed by atoms with E-state index >= 15 is 0 Å². The van der Waals surface area contributed by atoms with Crippen molar-refractivity contribution in [3.8, 4) is 5.75 Å². The van der Waals surface area contributed by atoms with Gasteiger partial charge < -0.3 is 15.4 Å². The van der Waals surface area contributed by atoms with Gasteiger partial charge in [-0.25, -0.2) is 4.39 Å². The number of benzene rings is 2. The minimum Gasteiger partial charge on any atom is -0.494 e. The van der Waals surface area contributed by atoms with E-state index in [1.54, 1.807) is 43.4 Å². The lowest BCUT2D eigenvalue weighted by Crippen LogP contribution is -2.19. The van der Waals surface area contributed by atoms with Crippen LogP contribution in [0.3, 0.4) is 0 Å². The Kier molecular flexibility index (Phi) is 6.51. The summed E-state index contributed by atoms with van der Waals surface area (Å²) in [4.78, 5) is 23.3. The van der Waals surface area contributed by atoms with Crippen LogP contribution in [0.1, 0.15) is 17.5 Å². The largest absolute Gasteiger partial charge is 0.494 e. The first kappa shape index (κ1) is 18.4. The predicted octanol–water partition coefficient (Wildman–Crippen LogP) is 2.69. The average molecular weight is 344 g/mol. The molecule has 0 fully saturated rings. The molecule has 2 aromatic rings. The fourth-order valence-corrected chi connectivity index (χ4v) is 2.33. The summed E-state index contributed by atoms with van der Waals surface area (Å²) < 4.78 is 18.5. The van der Waals surface area contributed by atoms with E-state index in [9.17, 15) is 14.0 Å². The highest BCUT2D eigenvalue weighted by atomic mass is 19.1. The summed E-state index contributed by atoms with van der Waals surface area (Å²) in [6, 6.07) is 11.8. The van der Waals surface area contributed by atoms with Crippen molar-refractivity contribution in [3.05, 3.63) is 59.4 Å². The number of methoxy groups -OCH3 is 1. The summed E-state index contributed by atoms with van der Waals surface area (Å²) in [5.74, 6) is -0.476. The third kappa shape index (κ3) is 5.60. The van der Waals surface area contributed by atoms with Crippen LogP contribution in [0.25, 0.3) is 0 Å². The molecule has 2 N–H and O–H groups in total. The summed E-state index contributed by atoms with van der Waals surface area (Å²) in [6.07, 6.45) is 0.973. The SMILES string of the molecule is CNC(=O)Cc1ccc(NC(=O)CCc2ccc(OC)c(F)c2)cc1. The number of ether oxygens (including phenoxy) is 1. The topological polar surface area (TPSA) is 67.4 Å². The van der Waals surface area contributed by atoms with Crippen LogP contribution >= 0.6 is 0 Å². The Morgan fingerprint density at radius 3 is 2.32 bits per heavy atom. The van der Waals surface area contributed by atoms with E-state index in [2.05, 4.69) is 10.6 Å². The van der Waals surface area contributed by atoms with Gasteiger partial charge in [0.15, 0.2) is 11.6 Å². The third-order valence-corrected chi connectivity index (χ3v) is 3.74. The van der Waals surface area contributed by atoms with Crippen LogP contribution in [0.15, 0.2) is 42.5 Å². The number of carbonyl (C=O) groups excluding carboxylic acids is 2. The molecule has 0 saturated carbocycles. The Morgan fingerprint density at radius 2 is 1.72 bits per heavy atom. The molecule has 0 aliphatic rings. The second kappa shape index (κ2) is 8.82. The van der Waals surface area contributed by atoms with Crippen molar-refractivity contribution in [2.45, 2.75) is 19.3 Å². The van der Waals surface area contributed by atoms with E-state index in [-0.39, 0.29) is 24.0 Å². The van der Waals surface area contributed by atoms with Gasteiger partial charge in [-0.2, -0.15) is 0 Å². The molecular weight excluding hydrogens is 323 g/mol. The highest BCUT2D eigenvalue weighted by molar-refractivity contribution is 5.90. The summed E-state index contributed by atoms with van der Waals surface area (Å²) in [6.45, 7) is 0. The van der Waals surface area contributed by atoms with Gasteiger partial charge in [0.05, 0.1) is 13.5 Å². The number of hydrogen-bond donors (Lipinski definition) is 2. The van der Waals surface area contributed by atoms with Crippen LogP contribution in [0.4, 0.5) is 10.1 Å². The lowest BCUT2D eigenvalue weighted by molar-refractivity contribution is -0.120. The molecule has 25 heavy (non-hydrogen) atoms. The second-order valence-electron chi connectivity index (χ2n) is 5.56. The number of amides is 2. The van der Waals surface area contributed by atoms with Crippen molar-refractivity contribution in [3.63, 3.8) is 0 Å². The molecule has 0 radical (unpaired) electrons. The molecule has 0 aliphatic carbocycles. The number of likely N-dealkylation sites (N-methyl/N-ethyl adjacent to an activating group) is 1. The molecule has 0 aromatic heterocycles. The first-order valence-electron chi connectivity index (χ1n) is 7.93. The van der Waals surface area contributed by atoms with Crippen molar-refractivity contribution in [1.29, 1.82) is 0 Å². The van der Waals surface area contributed by atoms with E-state index in [1.807, 2.05) is 0 Å². The predicted molar refractivity (Wildman–Crippen MR) is 94.1 cm³/mol. The molecule has 0 unspecified atom stereocenters. The number of carbonyl (C=O) groups is 2. The van der Waals surface area contributed by atoms with E-state index < -0.39 is 5.82 Å². The van der Waals surface area contributed by atoms with Crippen LogP contribution in [-0.4, -0.2) is 26.0 Å². The molecule has 0 heterocycles. The minimum absolute atomic E-state index is 0.0662. The minimum atomic E-state index is -0.438. The van der Waals surface area contributed by atoms with Gasteiger partial charge in [0, 0.05) is 19.2 Å². The van der Waals surface area contributed by atoms with Gasteiger partial charge in [0.25, 0.3) is 0 Å². The third-order valence-electron chi connectivity index (χ3n) is 3.74. The number of anilines is 1. The van der Waals surface area contributed by atoms with Crippen molar-refractivity contribution >= 4 is 17.5 Å². The number of hydrogen-bond acceptors (Lipinski definition) is 3. The highest BCUT2D eigenvalue weighted by Crippen LogP contribution is 2.18. The van der Waals surface area contributed by atoms with Crippen LogP contribution in [0.5, 0.6) is 5.75 Å². The van der Waals surface area contributed by atoms with Gasteiger partial charge in [0.2, 0.25) is 11.8 Å². The number of aryl methyl sites for hydroxylation is 1. The van der Waals surface area contributed by atoms with Gasteiger partial charge in [-0.3, -0.25) is 9.59 Å². The van der Waals surface area contributed by atoms with Crippen molar-refractivity contribution in [1.82, 2.24) is 5.32 Å². The zero-order valence-electron chi connectivity index (χ0n) is 14.3. The molecule has 2 rings (SSSR count). The van der Waals surface area contributed by atoms with Gasteiger partial charge in [-0.15, -0.1) is 0 Å². The Balaban J connectivity index is 1.85. The van der Waals surface area contributed by atoms with E-state index in [1.165, 1.54) is 13.2 Å². The van der Waals surface area contributed by atoms with E-state index in [0.29, 0.717) is 18.5 Å². The average Bonchev–Trinajstić information content (AvgIpc) is 2.61. The fraction of sp³-hybridized carbons (Fsp3) is 0.263. The van der Waals surface area contributed by atoms with Gasteiger partial charge >= 0.3 is 0 Å². The smallest absolute Gasteiger partial charge is 0.224 e. The lowest BCUT2D eigenvalue weighted by atomic mass is 10.1. The molecule has 6 heteroatoms. The van der Waals surface area contributed by atoms with E-state index in [4.69, 9.17) is 4.74 Å². The van der Waals surface area contributed by atoms with Gasteiger partial charge in [-0.1, -0.05) is 18.2 Å². The van der Waals surface area contributed by atoms with Gasteiger partial charge in [0.1, 0.15) is 0 Å². The Bertz CT molecular complexity index is 745. The Hall–Kier alpha value is -2.89. The van der Waals surface area contributed by atoms with Crippen LogP contribution in [-0.2, 0) is 22.4 Å². The summed E-state index contributed by atoms with van der Waals surface area (Å²) in [7, 11) is 3.00. The Labute approximate surface area is 146 Å². The maximum absolute atomic E-state index is 13.6. The normalized spacial score (nSPS) is 10.2. The zero-order chi connectivity index (χ0) is 18.2. The molecule has 0 bridgehead atoms. The van der Waals surface area contributed by atoms with Crippen LogP contribution in [0, 0.1) is 5.82 Å². The maximum Gasteiger partial charge on any atom is 0.224 e. The first-order chi connectivity index (χ1) is 12.0. The molecule has 0 aliphatic heterocycles. The summed E-state index contributed by atoms with van der Waals surface area (Å²) in [5, 5.41) is 5.35. The monoisotopic (exact) mass is 344 g/mol. The maximum atomic E-state index is 13.6. The van der Waals surface area contributed by atoms with E-state index in [0.717, 1.165) is 11.1 Å². The molecule has 132 valence electrons. The van der Waals surface area contributed by atoms with Crippen LogP contribution in [0.2, 0.25) is 0 Å². The molecule has 2 amide bonds. The summed E-state index contributed by atoms with van der Waals surface area (Å²) >= 11 is 0. The molecule has 0 atom stereocenters.